The van der Waals surface area contributed by atoms with Gasteiger partial charge in [0.2, 0.25) is 0 Å². The number of benzene rings is 2. The van der Waals surface area contributed by atoms with E-state index in [1.165, 1.54) is 16.9 Å². The number of aryl methyl sites for hydroxylation is 1. The molecule has 0 spiro atoms. The van der Waals surface area contributed by atoms with Crippen LogP contribution in [0.5, 0.6) is 5.75 Å². The van der Waals surface area contributed by atoms with E-state index in [4.69, 9.17) is 4.74 Å². The van der Waals surface area contributed by atoms with Crippen LogP contribution in [0, 0.1) is 0 Å². The Morgan fingerprint density at radius 3 is 2.69 bits per heavy atom. The van der Waals surface area contributed by atoms with Crippen LogP contribution >= 0.6 is 11.3 Å². The van der Waals surface area contributed by atoms with E-state index in [2.05, 4.69) is 35.8 Å². The number of H-pyrrole nitrogens is 1. The number of aromatic amines is 1. The van der Waals surface area contributed by atoms with Gasteiger partial charge in [-0.15, -0.1) is 17.9 Å². The molecule has 2 heterocycles. The zero-order chi connectivity index (χ0) is 18.1. The molecule has 4 heteroatoms. The minimum atomic E-state index is -0.0432. The number of thiophene rings is 1. The van der Waals surface area contributed by atoms with Gasteiger partial charge in [0.15, 0.2) is 0 Å². The van der Waals surface area contributed by atoms with Gasteiger partial charge < -0.3 is 9.72 Å². The quantitative estimate of drug-likeness (QED) is 0.474. The van der Waals surface area contributed by atoms with Crippen LogP contribution in [0.2, 0.25) is 0 Å². The van der Waals surface area contributed by atoms with E-state index < -0.39 is 0 Å². The number of pyridine rings is 1. The van der Waals surface area contributed by atoms with Gasteiger partial charge in [0.05, 0.1) is 7.11 Å². The molecule has 130 valence electrons. The molecule has 1 N–H and O–H groups in total. The first-order valence-electron chi connectivity index (χ1n) is 8.53. The molecule has 0 aliphatic heterocycles. The molecule has 2 aromatic carbocycles. The molecule has 4 rings (SSSR count). The molecule has 0 bridgehead atoms. The second-order valence-electron chi connectivity index (χ2n) is 6.21. The first-order valence-corrected chi connectivity index (χ1v) is 9.41. The third kappa shape index (κ3) is 2.72. The van der Waals surface area contributed by atoms with Crippen molar-refractivity contribution >= 4 is 32.3 Å². The lowest BCUT2D eigenvalue weighted by atomic mass is 9.96. The summed E-state index contributed by atoms with van der Waals surface area (Å²) in [5.41, 5.74) is 4.15. The molecular formula is C22H19NO2S. The number of aromatic nitrogens is 1. The Bertz CT molecular complexity index is 1150. The van der Waals surface area contributed by atoms with Crippen molar-refractivity contribution in [3.8, 4) is 16.9 Å². The molecule has 0 aliphatic rings. The van der Waals surface area contributed by atoms with Gasteiger partial charge in [-0.25, -0.2) is 0 Å². The Balaban J connectivity index is 1.99. The van der Waals surface area contributed by atoms with Crippen molar-refractivity contribution in [2.45, 2.75) is 12.8 Å². The fourth-order valence-electron chi connectivity index (χ4n) is 3.39. The highest BCUT2D eigenvalue weighted by atomic mass is 32.1. The summed E-state index contributed by atoms with van der Waals surface area (Å²) in [4.78, 5) is 15.3. The van der Waals surface area contributed by atoms with Gasteiger partial charge in [-0.3, -0.25) is 4.79 Å². The summed E-state index contributed by atoms with van der Waals surface area (Å²) in [6, 6.07) is 14.4. The van der Waals surface area contributed by atoms with E-state index in [9.17, 15) is 4.79 Å². The Labute approximate surface area is 155 Å². The number of ether oxygens (including phenoxy) is 1. The first kappa shape index (κ1) is 16.6. The van der Waals surface area contributed by atoms with Crippen LogP contribution in [0.15, 0.2) is 65.3 Å². The third-order valence-electron chi connectivity index (χ3n) is 4.66. The van der Waals surface area contributed by atoms with Crippen LogP contribution in [-0.2, 0) is 6.42 Å². The SMILES string of the molecule is C=CCCc1ccc(-c2c(OC)ccc3[nH]c(=O)c4sccc4c23)cc1. The average Bonchev–Trinajstić information content (AvgIpc) is 3.17. The Kier molecular flexibility index (Phi) is 4.35. The van der Waals surface area contributed by atoms with Gasteiger partial charge in [0, 0.05) is 21.9 Å². The minimum Gasteiger partial charge on any atom is -0.496 e. The first-order chi connectivity index (χ1) is 12.7. The van der Waals surface area contributed by atoms with E-state index in [1.807, 2.05) is 29.7 Å². The largest absolute Gasteiger partial charge is 0.496 e. The minimum absolute atomic E-state index is 0.0432. The summed E-state index contributed by atoms with van der Waals surface area (Å²) < 4.78 is 6.40. The summed E-state index contributed by atoms with van der Waals surface area (Å²) in [6.45, 7) is 3.78. The van der Waals surface area contributed by atoms with E-state index in [1.54, 1.807) is 7.11 Å². The van der Waals surface area contributed by atoms with E-state index in [0.29, 0.717) is 0 Å². The van der Waals surface area contributed by atoms with Crippen molar-refractivity contribution in [1.29, 1.82) is 0 Å². The number of rotatable bonds is 5. The van der Waals surface area contributed by atoms with Crippen molar-refractivity contribution in [2.75, 3.05) is 7.11 Å². The maximum atomic E-state index is 12.3. The summed E-state index contributed by atoms with van der Waals surface area (Å²) in [7, 11) is 1.68. The molecule has 0 saturated carbocycles. The highest BCUT2D eigenvalue weighted by molar-refractivity contribution is 7.17. The highest BCUT2D eigenvalue weighted by Gasteiger charge is 2.16. The van der Waals surface area contributed by atoms with Crippen molar-refractivity contribution in [1.82, 2.24) is 4.98 Å². The summed E-state index contributed by atoms with van der Waals surface area (Å²) in [5.74, 6) is 0.802. The zero-order valence-electron chi connectivity index (χ0n) is 14.5. The molecule has 2 aromatic heterocycles. The molecule has 4 aromatic rings. The zero-order valence-corrected chi connectivity index (χ0v) is 15.4. The number of nitrogens with one attached hydrogen (secondary N) is 1. The molecule has 0 fully saturated rings. The normalized spacial score (nSPS) is 11.1. The van der Waals surface area contributed by atoms with Crippen molar-refractivity contribution in [3.05, 3.63) is 76.4 Å². The summed E-state index contributed by atoms with van der Waals surface area (Å²) >= 11 is 1.46. The molecule has 0 saturated heterocycles. The predicted molar refractivity (Wildman–Crippen MR) is 110 cm³/mol. The lowest BCUT2D eigenvalue weighted by Gasteiger charge is -2.14. The fourth-order valence-corrected chi connectivity index (χ4v) is 4.19. The smallest absolute Gasteiger partial charge is 0.266 e. The molecular weight excluding hydrogens is 342 g/mol. The van der Waals surface area contributed by atoms with E-state index in [0.717, 1.165) is 50.7 Å². The van der Waals surface area contributed by atoms with Gasteiger partial charge in [-0.05, 0) is 47.5 Å². The van der Waals surface area contributed by atoms with Crippen molar-refractivity contribution < 1.29 is 4.74 Å². The van der Waals surface area contributed by atoms with Gasteiger partial charge >= 0.3 is 0 Å². The maximum Gasteiger partial charge on any atom is 0.266 e. The topological polar surface area (TPSA) is 42.1 Å². The third-order valence-corrected chi connectivity index (χ3v) is 5.57. The summed E-state index contributed by atoms with van der Waals surface area (Å²) in [6.07, 6.45) is 3.89. The fraction of sp³-hybridized carbons (Fsp3) is 0.136. The van der Waals surface area contributed by atoms with E-state index >= 15 is 0 Å². The molecule has 0 atom stereocenters. The van der Waals surface area contributed by atoms with Gasteiger partial charge in [-0.1, -0.05) is 30.3 Å². The standard InChI is InChI=1S/C22H19NO2S/c1-3-4-5-14-6-8-15(9-7-14)19-18(25-2)11-10-17-20(19)16-12-13-26-21(16)22(24)23-17/h3,6-13H,1,4-5H2,2H3,(H,23,24). The maximum absolute atomic E-state index is 12.3. The molecule has 0 unspecified atom stereocenters. The predicted octanol–water partition coefficient (Wildman–Crippen LogP) is 5.54. The van der Waals surface area contributed by atoms with Crippen LogP contribution in [0.1, 0.15) is 12.0 Å². The van der Waals surface area contributed by atoms with Crippen LogP contribution in [0.25, 0.3) is 32.1 Å². The lowest BCUT2D eigenvalue weighted by Crippen LogP contribution is -2.05. The summed E-state index contributed by atoms with van der Waals surface area (Å²) in [5, 5.41) is 3.96. The number of methoxy groups -OCH3 is 1. The van der Waals surface area contributed by atoms with Crippen LogP contribution in [0.3, 0.4) is 0 Å². The van der Waals surface area contributed by atoms with E-state index in [-0.39, 0.29) is 5.56 Å². The van der Waals surface area contributed by atoms with Crippen molar-refractivity contribution in [3.63, 3.8) is 0 Å². The Morgan fingerprint density at radius 2 is 1.96 bits per heavy atom. The Hall–Kier alpha value is -2.85. The van der Waals surface area contributed by atoms with Crippen LogP contribution in [0.4, 0.5) is 0 Å². The monoisotopic (exact) mass is 361 g/mol. The Morgan fingerprint density at radius 1 is 1.15 bits per heavy atom. The van der Waals surface area contributed by atoms with Crippen LogP contribution < -0.4 is 10.3 Å². The number of hydrogen-bond donors (Lipinski definition) is 1. The van der Waals surface area contributed by atoms with Crippen LogP contribution in [-0.4, -0.2) is 12.1 Å². The second kappa shape index (κ2) is 6.81. The molecule has 26 heavy (non-hydrogen) atoms. The number of hydrogen-bond acceptors (Lipinski definition) is 3. The van der Waals surface area contributed by atoms with Gasteiger partial charge in [-0.2, -0.15) is 0 Å². The molecule has 0 amide bonds. The number of allylic oxidation sites excluding steroid dienone is 1. The van der Waals surface area contributed by atoms with Gasteiger partial charge in [0.1, 0.15) is 10.4 Å². The number of fused-ring (bicyclic) bond motifs is 3. The van der Waals surface area contributed by atoms with Gasteiger partial charge in [0.25, 0.3) is 5.56 Å². The average molecular weight is 361 g/mol. The lowest BCUT2D eigenvalue weighted by molar-refractivity contribution is 0.417. The highest BCUT2D eigenvalue weighted by Crippen LogP contribution is 2.40. The molecule has 3 nitrogen and oxygen atoms in total. The molecule has 0 radical (unpaired) electrons. The van der Waals surface area contributed by atoms with Crippen molar-refractivity contribution in [2.24, 2.45) is 0 Å². The second-order valence-corrected chi connectivity index (χ2v) is 7.12. The molecule has 0 aliphatic carbocycles.